The van der Waals surface area contributed by atoms with Crippen LogP contribution >= 0.6 is 0 Å². The second-order valence-electron chi connectivity index (χ2n) is 4.32. The lowest BCUT2D eigenvalue weighted by atomic mass is 9.81. The van der Waals surface area contributed by atoms with Crippen molar-refractivity contribution in [3.8, 4) is 0 Å². The Balaban J connectivity index is 2.34. The number of ether oxygens (including phenoxy) is 1. The molecule has 0 heterocycles. The molecule has 1 N–H and O–H groups in total. The van der Waals surface area contributed by atoms with Gasteiger partial charge in [0.15, 0.2) is 0 Å². The van der Waals surface area contributed by atoms with E-state index in [1.807, 2.05) is 25.1 Å². The normalized spacial score (nSPS) is 23.7. The van der Waals surface area contributed by atoms with Gasteiger partial charge in [-0.05, 0) is 30.9 Å². The van der Waals surface area contributed by atoms with Gasteiger partial charge >= 0.3 is 5.97 Å². The van der Waals surface area contributed by atoms with Gasteiger partial charge in [0.25, 0.3) is 0 Å². The number of rotatable bonds is 1. The molecule has 0 amide bonds. The van der Waals surface area contributed by atoms with E-state index < -0.39 is 12.0 Å². The molecule has 0 spiro atoms. The van der Waals surface area contributed by atoms with Crippen LogP contribution < -0.4 is 0 Å². The molecule has 2 unspecified atom stereocenters. The van der Waals surface area contributed by atoms with Crippen molar-refractivity contribution in [2.45, 2.75) is 25.9 Å². The summed E-state index contributed by atoms with van der Waals surface area (Å²) in [6.45, 7) is 1.98. The average molecular weight is 220 g/mol. The summed E-state index contributed by atoms with van der Waals surface area (Å²) in [4.78, 5) is 11.5. The maximum Gasteiger partial charge on any atom is 0.311 e. The quantitative estimate of drug-likeness (QED) is 0.734. The lowest BCUT2D eigenvalue weighted by Crippen LogP contribution is -2.28. The molecule has 16 heavy (non-hydrogen) atoms. The summed E-state index contributed by atoms with van der Waals surface area (Å²) in [7, 11) is 1.36. The molecule has 3 nitrogen and oxygen atoms in total. The Bertz CT molecular complexity index is 412. The number of benzene rings is 1. The predicted octanol–water partition coefficient (Wildman–Crippen LogP) is 1.76. The highest BCUT2D eigenvalue weighted by atomic mass is 16.5. The molecule has 3 heteroatoms. The molecule has 86 valence electrons. The zero-order valence-electron chi connectivity index (χ0n) is 9.56. The van der Waals surface area contributed by atoms with Gasteiger partial charge in [0.1, 0.15) is 0 Å². The lowest BCUT2D eigenvalue weighted by molar-refractivity contribution is -0.150. The Morgan fingerprint density at radius 1 is 1.50 bits per heavy atom. The van der Waals surface area contributed by atoms with Gasteiger partial charge in [0.2, 0.25) is 0 Å². The highest BCUT2D eigenvalue weighted by Crippen LogP contribution is 2.35. The third-order valence-electron chi connectivity index (χ3n) is 3.23. The number of aliphatic hydroxyl groups excluding tert-OH is 1. The molecule has 2 atom stereocenters. The molecule has 1 aliphatic rings. The van der Waals surface area contributed by atoms with E-state index in [2.05, 4.69) is 0 Å². The first-order valence-corrected chi connectivity index (χ1v) is 5.49. The van der Waals surface area contributed by atoms with E-state index in [1.54, 1.807) is 0 Å². The van der Waals surface area contributed by atoms with Gasteiger partial charge in [0.05, 0.1) is 19.1 Å². The number of hydrogen-bond donors (Lipinski definition) is 1. The van der Waals surface area contributed by atoms with E-state index in [9.17, 15) is 9.90 Å². The first kappa shape index (κ1) is 11.1. The first-order valence-electron chi connectivity index (χ1n) is 5.49. The Morgan fingerprint density at radius 2 is 2.25 bits per heavy atom. The van der Waals surface area contributed by atoms with E-state index in [0.29, 0.717) is 6.42 Å². The highest BCUT2D eigenvalue weighted by Gasteiger charge is 2.33. The van der Waals surface area contributed by atoms with E-state index >= 15 is 0 Å². The molecular formula is C13H16O3. The zero-order valence-corrected chi connectivity index (χ0v) is 9.56. The van der Waals surface area contributed by atoms with Crippen LogP contribution in [-0.4, -0.2) is 18.2 Å². The molecule has 0 aromatic heterocycles. The molecule has 2 rings (SSSR count). The minimum absolute atomic E-state index is 0.320. The third kappa shape index (κ3) is 1.83. The number of fused-ring (bicyclic) bond motifs is 1. The molecule has 1 aromatic carbocycles. The summed E-state index contributed by atoms with van der Waals surface area (Å²) >= 11 is 0. The highest BCUT2D eigenvalue weighted by molar-refractivity contribution is 5.73. The Kier molecular flexibility index (Phi) is 2.97. The standard InChI is InChI=1S/C13H16O3/c1-8-3-4-9-5-6-10(13(15)16-2)12(14)11(9)7-8/h3-4,7,10,12,14H,5-6H2,1-2H3. The second kappa shape index (κ2) is 4.26. The number of methoxy groups -OCH3 is 1. The van der Waals surface area contributed by atoms with Crippen LogP contribution in [0.5, 0.6) is 0 Å². The SMILES string of the molecule is COC(=O)C1CCc2ccc(C)cc2C1O. The van der Waals surface area contributed by atoms with Gasteiger partial charge in [-0.3, -0.25) is 4.79 Å². The minimum atomic E-state index is -0.726. The van der Waals surface area contributed by atoms with Gasteiger partial charge in [-0.25, -0.2) is 0 Å². The predicted molar refractivity (Wildman–Crippen MR) is 60.0 cm³/mol. The Hall–Kier alpha value is -1.35. The van der Waals surface area contributed by atoms with Crippen molar-refractivity contribution in [1.29, 1.82) is 0 Å². The van der Waals surface area contributed by atoms with Gasteiger partial charge in [-0.2, -0.15) is 0 Å². The van der Waals surface area contributed by atoms with E-state index in [1.165, 1.54) is 7.11 Å². The van der Waals surface area contributed by atoms with Crippen molar-refractivity contribution in [3.05, 3.63) is 34.9 Å². The molecule has 0 fully saturated rings. The molecular weight excluding hydrogens is 204 g/mol. The van der Waals surface area contributed by atoms with Crippen LogP contribution in [0, 0.1) is 12.8 Å². The molecule has 1 aromatic rings. The van der Waals surface area contributed by atoms with Gasteiger partial charge < -0.3 is 9.84 Å². The van der Waals surface area contributed by atoms with E-state index in [-0.39, 0.29) is 5.97 Å². The maximum atomic E-state index is 11.5. The number of carbonyl (C=O) groups is 1. The molecule has 0 aliphatic heterocycles. The first-order chi connectivity index (χ1) is 7.63. The van der Waals surface area contributed by atoms with Crippen molar-refractivity contribution in [2.24, 2.45) is 5.92 Å². The number of aryl methyl sites for hydroxylation is 2. The molecule has 0 bridgehead atoms. The largest absolute Gasteiger partial charge is 0.469 e. The van der Waals surface area contributed by atoms with Crippen LogP contribution in [0.1, 0.15) is 29.2 Å². The fourth-order valence-corrected chi connectivity index (χ4v) is 2.30. The molecule has 0 radical (unpaired) electrons. The van der Waals surface area contributed by atoms with E-state index in [4.69, 9.17) is 4.74 Å². The summed E-state index contributed by atoms with van der Waals surface area (Å²) in [5.41, 5.74) is 3.11. The Labute approximate surface area is 95.0 Å². The van der Waals surface area contributed by atoms with Crippen LogP contribution in [0.4, 0.5) is 0 Å². The fraction of sp³-hybridized carbons (Fsp3) is 0.462. The second-order valence-corrected chi connectivity index (χ2v) is 4.32. The summed E-state index contributed by atoms with van der Waals surface area (Å²) in [6, 6.07) is 6.01. The van der Waals surface area contributed by atoms with Crippen LogP contribution in [0.3, 0.4) is 0 Å². The summed E-state index contributed by atoms with van der Waals surface area (Å²) in [6.07, 6.45) is 0.757. The molecule has 1 aliphatic carbocycles. The van der Waals surface area contributed by atoms with E-state index in [0.717, 1.165) is 23.1 Å². The lowest BCUT2D eigenvalue weighted by Gasteiger charge is -2.28. The summed E-state index contributed by atoms with van der Waals surface area (Å²) in [5, 5.41) is 10.1. The summed E-state index contributed by atoms with van der Waals surface area (Å²) < 4.78 is 4.71. The smallest absolute Gasteiger partial charge is 0.311 e. The van der Waals surface area contributed by atoms with Crippen molar-refractivity contribution in [1.82, 2.24) is 0 Å². The van der Waals surface area contributed by atoms with Crippen molar-refractivity contribution < 1.29 is 14.6 Å². The van der Waals surface area contributed by atoms with Crippen molar-refractivity contribution in [2.75, 3.05) is 7.11 Å². The van der Waals surface area contributed by atoms with Crippen molar-refractivity contribution >= 4 is 5.97 Å². The zero-order chi connectivity index (χ0) is 11.7. The van der Waals surface area contributed by atoms with Crippen LogP contribution in [0.15, 0.2) is 18.2 Å². The van der Waals surface area contributed by atoms with Gasteiger partial charge in [-0.1, -0.05) is 23.8 Å². The number of hydrogen-bond acceptors (Lipinski definition) is 3. The maximum absolute atomic E-state index is 11.5. The fourth-order valence-electron chi connectivity index (χ4n) is 2.30. The topological polar surface area (TPSA) is 46.5 Å². The number of aliphatic hydroxyl groups is 1. The summed E-state index contributed by atoms with van der Waals surface area (Å²) in [5.74, 6) is -0.737. The Morgan fingerprint density at radius 3 is 2.94 bits per heavy atom. The van der Waals surface area contributed by atoms with Crippen LogP contribution in [0.2, 0.25) is 0 Å². The van der Waals surface area contributed by atoms with Crippen LogP contribution in [0.25, 0.3) is 0 Å². The number of carbonyl (C=O) groups excluding carboxylic acids is 1. The number of esters is 1. The molecule has 0 saturated heterocycles. The van der Waals surface area contributed by atoms with Crippen molar-refractivity contribution in [3.63, 3.8) is 0 Å². The van der Waals surface area contributed by atoms with Gasteiger partial charge in [-0.15, -0.1) is 0 Å². The molecule has 0 saturated carbocycles. The monoisotopic (exact) mass is 220 g/mol. The van der Waals surface area contributed by atoms with Crippen LogP contribution in [-0.2, 0) is 16.0 Å². The van der Waals surface area contributed by atoms with Gasteiger partial charge in [0, 0.05) is 0 Å². The third-order valence-corrected chi connectivity index (χ3v) is 3.23. The minimum Gasteiger partial charge on any atom is -0.469 e. The average Bonchev–Trinajstić information content (AvgIpc) is 2.29.